The quantitative estimate of drug-likeness (QED) is 0.479. The van der Waals surface area contributed by atoms with E-state index in [0.29, 0.717) is 0 Å². The molecule has 0 saturated carbocycles. The van der Waals surface area contributed by atoms with Crippen LogP contribution in [0.5, 0.6) is 0 Å². The first kappa shape index (κ1) is 14.9. The number of para-hydroxylation sites is 1. The molecule has 0 unspecified atom stereocenters. The zero-order chi connectivity index (χ0) is 16.5. The van der Waals surface area contributed by atoms with Crippen LogP contribution in [0.2, 0.25) is 0 Å². The summed E-state index contributed by atoms with van der Waals surface area (Å²) in [6.45, 7) is 0. The van der Waals surface area contributed by atoms with Gasteiger partial charge in [0.15, 0.2) is 5.13 Å². The first-order valence-electron chi connectivity index (χ1n) is 7.95. The van der Waals surface area contributed by atoms with E-state index in [9.17, 15) is 0 Å². The Morgan fingerprint density at radius 1 is 0.750 bits per heavy atom. The van der Waals surface area contributed by atoms with Crippen LogP contribution in [-0.4, -0.2) is 19.1 Å². The smallest absolute Gasteiger partial charge is 0.185 e. The van der Waals surface area contributed by atoms with Crippen molar-refractivity contribution in [3.05, 3.63) is 72.8 Å². The third-order valence-corrected chi connectivity index (χ3v) is 5.26. The van der Waals surface area contributed by atoms with Crippen molar-refractivity contribution < 1.29 is 0 Å². The lowest BCUT2D eigenvalue weighted by atomic mass is 9.98. The van der Waals surface area contributed by atoms with Crippen LogP contribution >= 0.6 is 11.3 Å². The zero-order valence-electron chi connectivity index (χ0n) is 13.7. The summed E-state index contributed by atoms with van der Waals surface area (Å²) < 4.78 is 1.22. The van der Waals surface area contributed by atoms with Gasteiger partial charge in [0.1, 0.15) is 0 Å². The van der Waals surface area contributed by atoms with Crippen molar-refractivity contribution in [1.82, 2.24) is 4.98 Å². The number of anilines is 1. The number of benzene rings is 3. The molecule has 0 spiro atoms. The van der Waals surface area contributed by atoms with Crippen molar-refractivity contribution in [2.75, 3.05) is 19.0 Å². The molecule has 3 heteroatoms. The van der Waals surface area contributed by atoms with Gasteiger partial charge in [-0.3, -0.25) is 0 Å². The van der Waals surface area contributed by atoms with Crippen molar-refractivity contribution in [2.45, 2.75) is 0 Å². The Morgan fingerprint density at radius 3 is 2.25 bits per heavy atom. The largest absolute Gasteiger partial charge is 0.354 e. The maximum Gasteiger partial charge on any atom is 0.185 e. The molecule has 0 aliphatic carbocycles. The van der Waals surface area contributed by atoms with Gasteiger partial charge in [-0.05, 0) is 28.8 Å². The normalized spacial score (nSPS) is 10.9. The van der Waals surface area contributed by atoms with Gasteiger partial charge in [0.25, 0.3) is 0 Å². The molecule has 0 amide bonds. The van der Waals surface area contributed by atoms with Gasteiger partial charge in [-0.2, -0.15) is 0 Å². The summed E-state index contributed by atoms with van der Waals surface area (Å²) in [7, 11) is 4.07. The number of aromatic nitrogens is 1. The van der Waals surface area contributed by atoms with Crippen LogP contribution in [0.25, 0.3) is 32.5 Å². The van der Waals surface area contributed by atoms with Gasteiger partial charge in [-0.15, -0.1) is 0 Å². The molecule has 4 aromatic rings. The second-order valence-corrected chi connectivity index (χ2v) is 7.00. The summed E-state index contributed by atoms with van der Waals surface area (Å²) in [6.07, 6.45) is 0. The average molecular weight is 330 g/mol. The van der Waals surface area contributed by atoms with E-state index in [0.717, 1.165) is 10.6 Å². The van der Waals surface area contributed by atoms with Gasteiger partial charge in [-0.1, -0.05) is 72.0 Å². The van der Waals surface area contributed by atoms with Gasteiger partial charge in [0.05, 0.1) is 10.2 Å². The van der Waals surface area contributed by atoms with E-state index < -0.39 is 0 Å². The van der Waals surface area contributed by atoms with E-state index in [1.165, 1.54) is 27.0 Å². The van der Waals surface area contributed by atoms with E-state index in [2.05, 4.69) is 71.6 Å². The van der Waals surface area contributed by atoms with E-state index in [-0.39, 0.29) is 0 Å². The lowest BCUT2D eigenvalue weighted by Gasteiger charge is -2.07. The van der Waals surface area contributed by atoms with Gasteiger partial charge >= 0.3 is 0 Å². The minimum absolute atomic E-state index is 1.04. The monoisotopic (exact) mass is 330 g/mol. The van der Waals surface area contributed by atoms with Crippen LogP contribution < -0.4 is 4.90 Å². The van der Waals surface area contributed by atoms with Crippen molar-refractivity contribution >= 4 is 26.7 Å². The molecule has 1 aromatic heterocycles. The Balaban J connectivity index is 1.86. The first-order chi connectivity index (χ1) is 11.7. The number of hydrogen-bond acceptors (Lipinski definition) is 3. The van der Waals surface area contributed by atoms with Crippen molar-refractivity contribution in [3.63, 3.8) is 0 Å². The van der Waals surface area contributed by atoms with Gasteiger partial charge in [0, 0.05) is 19.7 Å². The topological polar surface area (TPSA) is 16.1 Å². The maximum atomic E-state index is 4.84. The Kier molecular flexibility index (Phi) is 3.79. The minimum Gasteiger partial charge on any atom is -0.354 e. The Hall–Kier alpha value is -2.65. The molecule has 0 bridgehead atoms. The summed E-state index contributed by atoms with van der Waals surface area (Å²) >= 11 is 1.73. The molecule has 0 radical (unpaired) electrons. The minimum atomic E-state index is 1.04. The number of nitrogens with zero attached hydrogens (tertiary/aromatic N) is 2. The molecule has 0 atom stereocenters. The summed E-state index contributed by atoms with van der Waals surface area (Å²) in [5, 5.41) is 1.04. The molecule has 0 fully saturated rings. The van der Waals surface area contributed by atoms with Crippen LogP contribution in [0.3, 0.4) is 0 Å². The summed E-state index contributed by atoms with van der Waals surface area (Å²) in [5.41, 5.74) is 5.94. The van der Waals surface area contributed by atoms with E-state index in [1.54, 1.807) is 11.3 Å². The Labute approximate surface area is 146 Å². The summed E-state index contributed by atoms with van der Waals surface area (Å²) in [5.74, 6) is 0. The lowest BCUT2D eigenvalue weighted by molar-refractivity contribution is 1.11. The SMILES string of the molecule is CN(C)c1nc2c(-c3cccc(-c4ccccc4)c3)cccc2s1. The highest BCUT2D eigenvalue weighted by Crippen LogP contribution is 2.35. The molecule has 1 heterocycles. The van der Waals surface area contributed by atoms with E-state index in [4.69, 9.17) is 4.98 Å². The summed E-state index contributed by atoms with van der Waals surface area (Å²) in [6, 6.07) is 25.6. The molecular weight excluding hydrogens is 312 g/mol. The molecule has 0 N–H and O–H groups in total. The van der Waals surface area contributed by atoms with Crippen LogP contribution in [0.15, 0.2) is 72.8 Å². The molecule has 24 heavy (non-hydrogen) atoms. The van der Waals surface area contributed by atoms with Gasteiger partial charge < -0.3 is 4.90 Å². The van der Waals surface area contributed by atoms with Crippen molar-refractivity contribution in [2.24, 2.45) is 0 Å². The van der Waals surface area contributed by atoms with Crippen LogP contribution in [0, 0.1) is 0 Å². The first-order valence-corrected chi connectivity index (χ1v) is 8.77. The molecule has 0 aliphatic rings. The fourth-order valence-electron chi connectivity index (χ4n) is 2.86. The summed E-state index contributed by atoms with van der Waals surface area (Å²) in [4.78, 5) is 6.90. The van der Waals surface area contributed by atoms with Crippen molar-refractivity contribution in [3.8, 4) is 22.3 Å². The van der Waals surface area contributed by atoms with Crippen LogP contribution in [-0.2, 0) is 0 Å². The molecule has 4 rings (SSSR count). The molecule has 118 valence electrons. The van der Waals surface area contributed by atoms with Crippen LogP contribution in [0.4, 0.5) is 5.13 Å². The fraction of sp³-hybridized carbons (Fsp3) is 0.0952. The molecular formula is C21H18N2S. The zero-order valence-corrected chi connectivity index (χ0v) is 14.5. The number of hydrogen-bond donors (Lipinski definition) is 0. The fourth-order valence-corrected chi connectivity index (χ4v) is 3.77. The third kappa shape index (κ3) is 2.68. The molecule has 2 nitrogen and oxygen atoms in total. The van der Waals surface area contributed by atoms with Crippen molar-refractivity contribution in [1.29, 1.82) is 0 Å². The second-order valence-electron chi connectivity index (χ2n) is 5.99. The predicted octanol–water partition coefficient (Wildman–Crippen LogP) is 5.70. The van der Waals surface area contributed by atoms with E-state index >= 15 is 0 Å². The third-order valence-electron chi connectivity index (χ3n) is 4.07. The lowest BCUT2D eigenvalue weighted by Crippen LogP contribution is -2.07. The van der Waals surface area contributed by atoms with E-state index in [1.807, 2.05) is 20.2 Å². The average Bonchev–Trinajstić information content (AvgIpc) is 3.07. The van der Waals surface area contributed by atoms with Crippen LogP contribution in [0.1, 0.15) is 0 Å². The van der Waals surface area contributed by atoms with Gasteiger partial charge in [-0.25, -0.2) is 4.98 Å². The predicted molar refractivity (Wildman–Crippen MR) is 105 cm³/mol. The highest BCUT2D eigenvalue weighted by Gasteiger charge is 2.11. The molecule has 0 aliphatic heterocycles. The number of fused-ring (bicyclic) bond motifs is 1. The standard InChI is InChI=1S/C21H18N2S/c1-23(2)21-22-20-18(12-7-13-19(20)24-21)17-11-6-10-16(14-17)15-8-4-3-5-9-15/h3-14H,1-2H3. The number of rotatable bonds is 3. The molecule has 3 aromatic carbocycles. The highest BCUT2D eigenvalue weighted by atomic mass is 32.1. The van der Waals surface area contributed by atoms with Gasteiger partial charge in [0.2, 0.25) is 0 Å². The Morgan fingerprint density at radius 2 is 1.46 bits per heavy atom. The second kappa shape index (κ2) is 6.10. The maximum absolute atomic E-state index is 4.84. The Bertz CT molecular complexity index is 987. The number of thiazole rings is 1. The molecule has 0 saturated heterocycles. The highest BCUT2D eigenvalue weighted by molar-refractivity contribution is 7.22.